The number of hydrogen-bond donors (Lipinski definition) is 2. The Morgan fingerprint density at radius 3 is 2.29 bits per heavy atom. The van der Waals surface area contributed by atoms with E-state index >= 15 is 0 Å². The Morgan fingerprint density at radius 1 is 1.18 bits per heavy atom. The van der Waals surface area contributed by atoms with Crippen molar-refractivity contribution in [1.82, 2.24) is 0 Å². The molecule has 4 nitrogen and oxygen atoms in total. The molecular formula is C10H14O4S3. The molecule has 0 fully saturated rings. The average molecular weight is 294 g/mol. The third-order valence-electron chi connectivity index (χ3n) is 1.34. The second kappa shape index (κ2) is 9.49. The van der Waals surface area contributed by atoms with Crippen LogP contribution in [0, 0.1) is 0 Å². The second-order valence-electron chi connectivity index (χ2n) is 2.55. The van der Waals surface area contributed by atoms with Gasteiger partial charge >= 0.3 is 11.9 Å². The highest BCUT2D eigenvalue weighted by atomic mass is 32.2. The summed E-state index contributed by atoms with van der Waals surface area (Å²) in [5.74, 6) is -0.990. The molecule has 0 heterocycles. The Hall–Kier alpha value is -0.530. The first kappa shape index (κ1) is 16.5. The third-order valence-corrected chi connectivity index (χ3v) is 3.31. The second-order valence-corrected chi connectivity index (χ2v) is 4.66. The lowest BCUT2D eigenvalue weighted by atomic mass is 10.6. The summed E-state index contributed by atoms with van der Waals surface area (Å²) in [6.07, 6.45) is 1.25. The van der Waals surface area contributed by atoms with Crippen molar-refractivity contribution in [1.29, 1.82) is 0 Å². The zero-order valence-corrected chi connectivity index (χ0v) is 12.1. The normalized spacial score (nSPS) is 12.2. The first-order valence-electron chi connectivity index (χ1n) is 4.82. The minimum atomic E-state index is -0.544. The summed E-state index contributed by atoms with van der Waals surface area (Å²) in [7, 11) is 0. The van der Waals surface area contributed by atoms with Crippen molar-refractivity contribution in [2.45, 2.75) is 13.8 Å². The molecule has 0 aromatic heterocycles. The number of carbonyl (C=O) groups excluding carboxylic acids is 2. The molecule has 0 unspecified atom stereocenters. The molecule has 0 aliphatic heterocycles. The highest BCUT2D eigenvalue weighted by Crippen LogP contribution is 2.27. The Bertz CT molecular complexity index is 336. The molecule has 0 N–H and O–H groups in total. The Balaban J connectivity index is 4.33. The molecule has 0 saturated carbocycles. The predicted octanol–water partition coefficient (Wildman–Crippen LogP) is 2.39. The molecule has 7 heteroatoms. The lowest BCUT2D eigenvalue weighted by Gasteiger charge is -2.02. The first-order valence-corrected chi connectivity index (χ1v) is 6.59. The predicted molar refractivity (Wildman–Crippen MR) is 75.0 cm³/mol. The molecule has 0 aliphatic rings. The van der Waals surface area contributed by atoms with Gasteiger partial charge in [-0.15, -0.1) is 25.3 Å². The van der Waals surface area contributed by atoms with E-state index in [0.717, 1.165) is 11.8 Å². The summed E-state index contributed by atoms with van der Waals surface area (Å²) in [6.45, 7) is 4.01. The first-order chi connectivity index (χ1) is 8.02. The maximum absolute atomic E-state index is 11.2. The van der Waals surface area contributed by atoms with E-state index in [0.29, 0.717) is 10.8 Å². The van der Waals surface area contributed by atoms with Crippen molar-refractivity contribution >= 4 is 49.0 Å². The molecule has 0 spiro atoms. The van der Waals surface area contributed by atoms with Crippen molar-refractivity contribution in [2.75, 3.05) is 13.2 Å². The van der Waals surface area contributed by atoms with E-state index in [2.05, 4.69) is 30.0 Å². The van der Waals surface area contributed by atoms with Gasteiger partial charge < -0.3 is 9.47 Å². The number of thiol groups is 2. The highest BCUT2D eigenvalue weighted by molar-refractivity contribution is 8.18. The lowest BCUT2D eigenvalue weighted by molar-refractivity contribution is -0.138. The molecular weight excluding hydrogens is 280 g/mol. The van der Waals surface area contributed by atoms with Crippen molar-refractivity contribution in [3.05, 3.63) is 20.6 Å². The Morgan fingerprint density at radius 2 is 1.76 bits per heavy atom. The quantitative estimate of drug-likeness (QED) is 0.447. The summed E-state index contributed by atoms with van der Waals surface area (Å²) in [4.78, 5) is 22.3. The molecule has 96 valence electrons. The van der Waals surface area contributed by atoms with Crippen LogP contribution in [0.1, 0.15) is 13.8 Å². The summed E-state index contributed by atoms with van der Waals surface area (Å²) in [5, 5.41) is 1.47. The molecule has 0 aromatic carbocycles. The summed E-state index contributed by atoms with van der Waals surface area (Å²) in [5.41, 5.74) is 0. The van der Waals surface area contributed by atoms with Crippen molar-refractivity contribution < 1.29 is 19.1 Å². The number of thioether (sulfide) groups is 1. The molecule has 0 radical (unpaired) electrons. The molecule has 0 atom stereocenters. The number of ether oxygens (including phenoxy) is 2. The van der Waals surface area contributed by atoms with Crippen LogP contribution in [0.2, 0.25) is 0 Å². The maximum atomic E-state index is 11.2. The van der Waals surface area contributed by atoms with Gasteiger partial charge in [0.15, 0.2) is 0 Å². The molecule has 0 aliphatic carbocycles. The minimum Gasteiger partial charge on any atom is -0.463 e. The highest BCUT2D eigenvalue weighted by Gasteiger charge is 2.10. The van der Waals surface area contributed by atoms with Gasteiger partial charge in [-0.05, 0) is 19.3 Å². The average Bonchev–Trinajstić information content (AvgIpc) is 2.28. The molecule has 0 amide bonds. The van der Waals surface area contributed by atoms with E-state index < -0.39 is 11.9 Å². The molecule has 17 heavy (non-hydrogen) atoms. The van der Waals surface area contributed by atoms with Crippen LogP contribution in [0.15, 0.2) is 20.6 Å². The van der Waals surface area contributed by atoms with Gasteiger partial charge in [-0.1, -0.05) is 11.8 Å². The van der Waals surface area contributed by atoms with E-state index in [1.165, 1.54) is 11.5 Å². The van der Waals surface area contributed by atoms with Gasteiger partial charge in [-0.3, -0.25) is 0 Å². The largest absolute Gasteiger partial charge is 0.463 e. The van der Waals surface area contributed by atoms with Crippen LogP contribution in [0.3, 0.4) is 0 Å². The monoisotopic (exact) mass is 294 g/mol. The third kappa shape index (κ3) is 7.40. The summed E-state index contributed by atoms with van der Waals surface area (Å²) < 4.78 is 9.77. The van der Waals surface area contributed by atoms with E-state index in [1.807, 2.05) is 0 Å². The van der Waals surface area contributed by atoms with Gasteiger partial charge in [0, 0.05) is 6.08 Å². The standard InChI is InChI=1S/C10H14O4S3/c1-3-13-7(11)5-6-17-10(16)8(15)9(12)14-4-2/h5-6,15-16H,3-4H2,1-2H3/b6-5-,10-8+. The van der Waals surface area contributed by atoms with Crippen molar-refractivity contribution in [3.63, 3.8) is 0 Å². The maximum Gasteiger partial charge on any atom is 0.346 e. The van der Waals surface area contributed by atoms with Crippen LogP contribution in [0.5, 0.6) is 0 Å². The van der Waals surface area contributed by atoms with E-state index in [9.17, 15) is 9.59 Å². The summed E-state index contributed by atoms with van der Waals surface area (Å²) in [6, 6.07) is 0. The lowest BCUT2D eigenvalue weighted by Crippen LogP contribution is -2.04. The van der Waals surface area contributed by atoms with Crippen LogP contribution in [0.25, 0.3) is 0 Å². The van der Waals surface area contributed by atoms with Crippen LogP contribution < -0.4 is 0 Å². The van der Waals surface area contributed by atoms with E-state index in [1.54, 1.807) is 13.8 Å². The topological polar surface area (TPSA) is 52.6 Å². The smallest absolute Gasteiger partial charge is 0.346 e. The Labute approximate surface area is 116 Å². The van der Waals surface area contributed by atoms with Crippen molar-refractivity contribution in [3.8, 4) is 0 Å². The molecule has 0 saturated heterocycles. The SMILES string of the molecule is CCOC(=O)/C=C\S/C(S)=C(/S)C(=O)OCC. The van der Waals surface area contributed by atoms with Gasteiger partial charge in [-0.2, -0.15) is 0 Å². The molecule has 0 rings (SSSR count). The number of carbonyl (C=O) groups is 2. The number of hydrogen-bond acceptors (Lipinski definition) is 7. The minimum absolute atomic E-state index is 0.105. The van der Waals surface area contributed by atoms with E-state index in [-0.39, 0.29) is 11.5 Å². The zero-order valence-electron chi connectivity index (χ0n) is 9.50. The van der Waals surface area contributed by atoms with E-state index in [4.69, 9.17) is 4.74 Å². The molecule has 0 bridgehead atoms. The summed E-state index contributed by atoms with van der Waals surface area (Å²) >= 11 is 9.13. The number of rotatable bonds is 6. The van der Waals surface area contributed by atoms with Crippen LogP contribution in [-0.4, -0.2) is 25.2 Å². The fourth-order valence-electron chi connectivity index (χ4n) is 0.687. The van der Waals surface area contributed by atoms with Crippen LogP contribution in [-0.2, 0) is 19.1 Å². The van der Waals surface area contributed by atoms with Crippen molar-refractivity contribution in [2.24, 2.45) is 0 Å². The van der Waals surface area contributed by atoms with Crippen LogP contribution >= 0.6 is 37.0 Å². The van der Waals surface area contributed by atoms with Gasteiger partial charge in [0.05, 0.1) is 17.5 Å². The Kier molecular flexibility index (Phi) is 9.20. The number of esters is 2. The van der Waals surface area contributed by atoms with Gasteiger partial charge in [-0.25, -0.2) is 9.59 Å². The van der Waals surface area contributed by atoms with Gasteiger partial charge in [0.25, 0.3) is 0 Å². The van der Waals surface area contributed by atoms with Gasteiger partial charge in [0.2, 0.25) is 0 Å². The molecule has 0 aromatic rings. The van der Waals surface area contributed by atoms with Gasteiger partial charge in [0.1, 0.15) is 4.91 Å². The zero-order chi connectivity index (χ0) is 13.3. The fourth-order valence-corrected chi connectivity index (χ4v) is 1.69. The fraction of sp³-hybridized carbons (Fsp3) is 0.400. The van der Waals surface area contributed by atoms with Crippen LogP contribution in [0.4, 0.5) is 0 Å².